The zero-order chi connectivity index (χ0) is 15.2. The van der Waals surface area contributed by atoms with E-state index < -0.39 is 21.6 Å². The number of sulfonamides is 1. The van der Waals surface area contributed by atoms with Crippen LogP contribution in [0.5, 0.6) is 5.75 Å². The predicted molar refractivity (Wildman–Crippen MR) is 74.0 cm³/mol. The van der Waals surface area contributed by atoms with Crippen molar-refractivity contribution < 1.29 is 17.9 Å². The molecular weight excluding hydrogens is 282 g/mol. The van der Waals surface area contributed by atoms with Gasteiger partial charge >= 0.3 is 0 Å². The summed E-state index contributed by atoms with van der Waals surface area (Å²) in [7, 11) is 0.758. The van der Waals surface area contributed by atoms with Crippen molar-refractivity contribution in [3.8, 4) is 5.75 Å². The zero-order valence-corrected chi connectivity index (χ0v) is 12.4. The third-order valence-electron chi connectivity index (χ3n) is 2.24. The van der Waals surface area contributed by atoms with Crippen LogP contribution in [-0.4, -0.2) is 46.2 Å². The summed E-state index contributed by atoms with van der Waals surface area (Å²) >= 11 is 0. The van der Waals surface area contributed by atoms with Crippen molar-refractivity contribution in [3.63, 3.8) is 0 Å². The van der Waals surface area contributed by atoms with Crippen LogP contribution in [0.1, 0.15) is 5.56 Å². The Morgan fingerprint density at radius 2 is 1.85 bits per heavy atom. The molecule has 0 radical (unpaired) electrons. The second kappa shape index (κ2) is 6.99. The van der Waals surface area contributed by atoms with Gasteiger partial charge in [0, 0.05) is 20.5 Å². The standard InChI is InChI=1S/C12H17N3O4S/c1-15(2)13-14-20(17,18)9-11(16)8-10-4-6-12(19-3)7-5-10/h4-7H,8-9H2,1-3H3. The van der Waals surface area contributed by atoms with Crippen LogP contribution in [0.3, 0.4) is 0 Å². The minimum Gasteiger partial charge on any atom is -0.497 e. The molecule has 1 aromatic carbocycles. The van der Waals surface area contributed by atoms with Crippen molar-refractivity contribution in [1.29, 1.82) is 0 Å². The van der Waals surface area contributed by atoms with E-state index in [0.29, 0.717) is 5.75 Å². The minimum atomic E-state index is -3.87. The lowest BCUT2D eigenvalue weighted by Crippen LogP contribution is -2.16. The van der Waals surface area contributed by atoms with Gasteiger partial charge in [-0.1, -0.05) is 17.4 Å². The van der Waals surface area contributed by atoms with Gasteiger partial charge in [0.15, 0.2) is 5.78 Å². The molecule has 8 heteroatoms. The third kappa shape index (κ3) is 5.79. The Hall–Kier alpha value is -1.96. The summed E-state index contributed by atoms with van der Waals surface area (Å²) in [6, 6.07) is 6.85. The molecule has 0 saturated heterocycles. The summed E-state index contributed by atoms with van der Waals surface area (Å²) in [4.78, 5) is 11.7. The fourth-order valence-corrected chi connectivity index (χ4v) is 2.21. The summed E-state index contributed by atoms with van der Waals surface area (Å²) in [6.45, 7) is 0. The van der Waals surface area contributed by atoms with Crippen LogP contribution in [-0.2, 0) is 21.2 Å². The first-order valence-corrected chi connectivity index (χ1v) is 7.41. The smallest absolute Gasteiger partial charge is 0.279 e. The molecule has 0 aromatic heterocycles. The molecule has 7 nitrogen and oxygen atoms in total. The van der Waals surface area contributed by atoms with Crippen molar-refractivity contribution >= 4 is 15.8 Å². The summed E-state index contributed by atoms with van der Waals surface area (Å²) in [5, 5.41) is 4.62. The number of carbonyl (C=O) groups excluding carboxylic acids is 1. The van der Waals surface area contributed by atoms with Gasteiger partial charge in [0.05, 0.1) is 7.11 Å². The number of benzene rings is 1. The summed E-state index contributed by atoms with van der Waals surface area (Å²) < 4.78 is 31.2. The molecule has 0 amide bonds. The molecule has 110 valence electrons. The van der Waals surface area contributed by atoms with Crippen LogP contribution in [0.4, 0.5) is 0 Å². The number of hydrogen-bond donors (Lipinski definition) is 0. The van der Waals surface area contributed by atoms with Gasteiger partial charge in [-0.2, -0.15) is 0 Å². The van der Waals surface area contributed by atoms with E-state index in [-0.39, 0.29) is 6.42 Å². The maximum Gasteiger partial charge on any atom is 0.279 e. The maximum atomic E-state index is 11.7. The zero-order valence-electron chi connectivity index (χ0n) is 11.6. The highest BCUT2D eigenvalue weighted by Crippen LogP contribution is 2.12. The Kier molecular flexibility index (Phi) is 5.63. The first-order chi connectivity index (χ1) is 9.32. The first kappa shape index (κ1) is 16.1. The van der Waals surface area contributed by atoms with Gasteiger partial charge in [0.2, 0.25) is 0 Å². The van der Waals surface area contributed by atoms with E-state index in [0.717, 1.165) is 5.56 Å². The summed E-state index contributed by atoms with van der Waals surface area (Å²) in [5.74, 6) is -0.419. The average Bonchev–Trinajstić information content (AvgIpc) is 2.37. The highest BCUT2D eigenvalue weighted by molar-refractivity contribution is 7.90. The predicted octanol–water partition coefficient (Wildman–Crippen LogP) is 1.07. The number of ether oxygens (including phenoxy) is 1. The molecule has 0 N–H and O–H groups in total. The van der Waals surface area contributed by atoms with Crippen molar-refractivity contribution in [2.75, 3.05) is 27.0 Å². The van der Waals surface area contributed by atoms with Crippen molar-refractivity contribution in [3.05, 3.63) is 29.8 Å². The van der Waals surface area contributed by atoms with Crippen molar-refractivity contribution in [2.45, 2.75) is 6.42 Å². The van der Waals surface area contributed by atoms with E-state index in [4.69, 9.17) is 4.74 Å². The number of rotatable bonds is 7. The molecule has 0 bridgehead atoms. The lowest BCUT2D eigenvalue weighted by molar-refractivity contribution is -0.116. The fraction of sp³-hybridized carbons (Fsp3) is 0.417. The molecule has 0 atom stereocenters. The Morgan fingerprint density at radius 1 is 1.25 bits per heavy atom. The van der Waals surface area contributed by atoms with Gasteiger partial charge in [0.1, 0.15) is 11.5 Å². The Bertz CT molecular complexity index is 579. The second-order valence-electron chi connectivity index (χ2n) is 4.31. The van der Waals surface area contributed by atoms with Crippen molar-refractivity contribution in [1.82, 2.24) is 5.01 Å². The third-order valence-corrected chi connectivity index (χ3v) is 3.25. The molecule has 0 aliphatic carbocycles. The Morgan fingerprint density at radius 3 is 2.35 bits per heavy atom. The molecule has 0 unspecified atom stereocenters. The Labute approximate surface area is 118 Å². The summed E-state index contributed by atoms with van der Waals surface area (Å²) in [6.07, 6.45) is 0.0285. The number of ketones is 1. The van der Waals surface area contributed by atoms with Gasteiger partial charge in [-0.05, 0) is 22.2 Å². The fourth-order valence-electron chi connectivity index (χ4n) is 1.38. The number of nitrogens with zero attached hydrogens (tertiary/aromatic N) is 3. The number of Topliss-reactive ketones (excluding diaryl/α,β-unsaturated/α-hetero) is 1. The molecule has 0 heterocycles. The highest BCUT2D eigenvalue weighted by atomic mass is 32.2. The van der Waals surface area contributed by atoms with Gasteiger partial charge in [-0.25, -0.2) is 8.42 Å². The van der Waals surface area contributed by atoms with Crippen LogP contribution in [0.25, 0.3) is 0 Å². The molecule has 1 aromatic rings. The molecule has 0 saturated carbocycles. The van der Waals surface area contributed by atoms with Crippen LogP contribution in [0, 0.1) is 0 Å². The van der Waals surface area contributed by atoms with Gasteiger partial charge in [-0.3, -0.25) is 9.80 Å². The Balaban J connectivity index is 2.63. The van der Waals surface area contributed by atoms with Crippen LogP contribution < -0.4 is 4.74 Å². The second-order valence-corrected chi connectivity index (χ2v) is 5.92. The number of hydrogen-bond acceptors (Lipinski definition) is 5. The first-order valence-electron chi connectivity index (χ1n) is 5.80. The van der Waals surface area contributed by atoms with Crippen LogP contribution in [0.2, 0.25) is 0 Å². The molecule has 0 aliphatic rings. The quantitative estimate of drug-likeness (QED) is 0.555. The molecule has 20 heavy (non-hydrogen) atoms. The number of methoxy groups -OCH3 is 1. The average molecular weight is 299 g/mol. The normalized spacial score (nSPS) is 11.6. The van der Waals surface area contributed by atoms with Gasteiger partial charge in [0.25, 0.3) is 10.0 Å². The number of carbonyl (C=O) groups is 1. The molecular formula is C12H17N3O4S. The van der Waals surface area contributed by atoms with E-state index in [1.54, 1.807) is 31.4 Å². The van der Waals surface area contributed by atoms with Crippen molar-refractivity contribution in [2.24, 2.45) is 9.74 Å². The van der Waals surface area contributed by atoms with Gasteiger partial charge < -0.3 is 4.74 Å². The van der Waals surface area contributed by atoms with Crippen LogP contribution in [0.15, 0.2) is 34.0 Å². The van der Waals surface area contributed by atoms with Gasteiger partial charge in [-0.15, -0.1) is 0 Å². The molecule has 0 spiro atoms. The molecule has 1 rings (SSSR count). The molecule has 0 aliphatic heterocycles. The van der Waals surface area contributed by atoms with E-state index in [2.05, 4.69) is 9.74 Å². The SMILES string of the molecule is COc1ccc(CC(=O)CS(=O)(=O)N=NN(C)C)cc1. The van der Waals surface area contributed by atoms with Crippen LogP contribution >= 0.6 is 0 Å². The lowest BCUT2D eigenvalue weighted by Gasteiger charge is -2.03. The van der Waals surface area contributed by atoms with E-state index >= 15 is 0 Å². The maximum absolute atomic E-state index is 11.7. The monoisotopic (exact) mass is 299 g/mol. The largest absolute Gasteiger partial charge is 0.497 e. The van der Waals surface area contributed by atoms with E-state index in [9.17, 15) is 13.2 Å². The van der Waals surface area contributed by atoms with E-state index in [1.165, 1.54) is 19.1 Å². The lowest BCUT2D eigenvalue weighted by atomic mass is 10.1. The molecule has 0 fully saturated rings. The highest BCUT2D eigenvalue weighted by Gasteiger charge is 2.16. The minimum absolute atomic E-state index is 0.0285. The summed E-state index contributed by atoms with van der Waals surface area (Å²) in [5.41, 5.74) is 0.718. The topological polar surface area (TPSA) is 88.4 Å². The van der Waals surface area contributed by atoms with E-state index in [1.807, 2.05) is 0 Å².